The molecule has 178 valence electrons. The summed E-state index contributed by atoms with van der Waals surface area (Å²) in [6.45, 7) is 4.89. The summed E-state index contributed by atoms with van der Waals surface area (Å²) in [6, 6.07) is 17.8. The van der Waals surface area contributed by atoms with Gasteiger partial charge in [-0.2, -0.15) is 0 Å². The Labute approximate surface area is 215 Å². The molecular weight excluding hydrogens is 478 g/mol. The van der Waals surface area contributed by atoms with Crippen LogP contribution in [-0.4, -0.2) is 31.7 Å². The van der Waals surface area contributed by atoms with Gasteiger partial charge in [-0.1, -0.05) is 17.7 Å². The SMILES string of the molecule is COc1ccc(Cl)cc1-n1c(C)cc([C@@H]2[C@@H](c3ccccn3)NC(=S)N2Cc2ccncc2)c1C. The highest BCUT2D eigenvalue weighted by atomic mass is 35.5. The number of nitrogens with zero attached hydrogens (tertiary/aromatic N) is 4. The fourth-order valence-corrected chi connectivity index (χ4v) is 5.37. The number of ether oxygens (including phenoxy) is 1. The number of rotatable bonds is 6. The minimum Gasteiger partial charge on any atom is -0.495 e. The molecule has 5 rings (SSSR count). The molecule has 0 radical (unpaired) electrons. The van der Waals surface area contributed by atoms with Gasteiger partial charge in [0.05, 0.1) is 30.6 Å². The van der Waals surface area contributed by atoms with Crippen molar-refractivity contribution >= 4 is 28.9 Å². The van der Waals surface area contributed by atoms with Crippen LogP contribution in [0.3, 0.4) is 0 Å². The number of thiocarbonyl (C=S) groups is 1. The highest BCUT2D eigenvalue weighted by Crippen LogP contribution is 2.43. The van der Waals surface area contributed by atoms with Crippen LogP contribution in [0.4, 0.5) is 0 Å². The van der Waals surface area contributed by atoms with E-state index in [-0.39, 0.29) is 12.1 Å². The van der Waals surface area contributed by atoms with E-state index in [1.165, 1.54) is 5.56 Å². The second-order valence-electron chi connectivity index (χ2n) is 8.59. The molecule has 0 unspecified atom stereocenters. The molecule has 0 bridgehead atoms. The Morgan fingerprint density at radius 2 is 1.86 bits per heavy atom. The van der Waals surface area contributed by atoms with Crippen molar-refractivity contribution in [2.24, 2.45) is 0 Å². The van der Waals surface area contributed by atoms with Crippen LogP contribution in [0.25, 0.3) is 5.69 Å². The number of nitrogens with one attached hydrogen (secondary N) is 1. The standard InChI is InChI=1S/C27H26ClN5OS/c1-17-14-21(18(2)33(17)23-15-20(28)7-8-24(23)34-3)26-25(22-6-4-5-11-30-22)31-27(35)32(26)16-19-9-12-29-13-10-19/h4-15,25-26H,16H2,1-3H3,(H,31,35)/t25-,26-/m1/s1. The zero-order valence-corrected chi connectivity index (χ0v) is 21.3. The summed E-state index contributed by atoms with van der Waals surface area (Å²) in [5, 5.41) is 4.90. The molecule has 1 aliphatic heterocycles. The van der Waals surface area contributed by atoms with E-state index in [0.717, 1.165) is 34.1 Å². The molecule has 0 spiro atoms. The molecule has 1 N–H and O–H groups in total. The Hall–Kier alpha value is -3.42. The number of benzene rings is 1. The average Bonchev–Trinajstić information content (AvgIpc) is 3.35. The maximum atomic E-state index is 6.38. The molecule has 35 heavy (non-hydrogen) atoms. The van der Waals surface area contributed by atoms with E-state index < -0.39 is 0 Å². The monoisotopic (exact) mass is 503 g/mol. The summed E-state index contributed by atoms with van der Waals surface area (Å²) < 4.78 is 7.86. The second kappa shape index (κ2) is 9.68. The molecule has 1 saturated heterocycles. The number of halogens is 1. The van der Waals surface area contributed by atoms with Crippen LogP contribution in [-0.2, 0) is 6.54 Å². The van der Waals surface area contributed by atoms with Crippen LogP contribution in [0.1, 0.15) is 40.3 Å². The van der Waals surface area contributed by atoms with Crippen molar-refractivity contribution in [2.45, 2.75) is 32.5 Å². The van der Waals surface area contributed by atoms with Crippen LogP contribution in [0.2, 0.25) is 5.02 Å². The van der Waals surface area contributed by atoms with Gasteiger partial charge >= 0.3 is 0 Å². The largest absolute Gasteiger partial charge is 0.495 e. The van der Waals surface area contributed by atoms with Crippen LogP contribution >= 0.6 is 23.8 Å². The number of pyridine rings is 2. The van der Waals surface area contributed by atoms with E-state index in [2.05, 4.69) is 44.7 Å². The second-order valence-corrected chi connectivity index (χ2v) is 9.41. The quantitative estimate of drug-likeness (QED) is 0.340. The van der Waals surface area contributed by atoms with Gasteiger partial charge in [0, 0.05) is 41.5 Å². The van der Waals surface area contributed by atoms with Crippen LogP contribution in [0.15, 0.2) is 73.2 Å². The van der Waals surface area contributed by atoms with Crippen molar-refractivity contribution in [3.05, 3.63) is 106 Å². The molecule has 1 aliphatic rings. The lowest BCUT2D eigenvalue weighted by Gasteiger charge is -2.28. The predicted molar refractivity (Wildman–Crippen MR) is 142 cm³/mol. The van der Waals surface area contributed by atoms with Gasteiger partial charge in [0.1, 0.15) is 5.75 Å². The zero-order chi connectivity index (χ0) is 24.5. The molecule has 0 saturated carbocycles. The van der Waals surface area contributed by atoms with Gasteiger partial charge in [-0.05, 0) is 85.7 Å². The van der Waals surface area contributed by atoms with Crippen molar-refractivity contribution in [2.75, 3.05) is 7.11 Å². The van der Waals surface area contributed by atoms with Gasteiger partial charge in [0.25, 0.3) is 0 Å². The summed E-state index contributed by atoms with van der Waals surface area (Å²) in [5.41, 5.74) is 6.34. The van der Waals surface area contributed by atoms with Crippen LogP contribution in [0.5, 0.6) is 5.75 Å². The van der Waals surface area contributed by atoms with E-state index in [1.807, 2.05) is 67.1 Å². The number of aromatic nitrogens is 3. The molecule has 1 aromatic carbocycles. The smallest absolute Gasteiger partial charge is 0.170 e. The van der Waals surface area contributed by atoms with Gasteiger partial charge in [-0.15, -0.1) is 0 Å². The van der Waals surface area contributed by atoms with Crippen molar-refractivity contribution < 1.29 is 4.74 Å². The van der Waals surface area contributed by atoms with Crippen LogP contribution < -0.4 is 10.1 Å². The molecule has 2 atom stereocenters. The van der Waals surface area contributed by atoms with Crippen molar-refractivity contribution in [3.63, 3.8) is 0 Å². The highest BCUT2D eigenvalue weighted by Gasteiger charge is 2.41. The van der Waals surface area contributed by atoms with Crippen LogP contribution in [0, 0.1) is 13.8 Å². The Morgan fingerprint density at radius 3 is 2.57 bits per heavy atom. The molecule has 0 amide bonds. The zero-order valence-electron chi connectivity index (χ0n) is 19.8. The third-order valence-electron chi connectivity index (χ3n) is 6.47. The molecular formula is C27H26ClN5OS. The Morgan fingerprint density at radius 1 is 1.06 bits per heavy atom. The fraction of sp³-hybridized carbons (Fsp3) is 0.222. The molecule has 3 aromatic heterocycles. The van der Waals surface area contributed by atoms with Gasteiger partial charge in [-0.25, -0.2) is 0 Å². The van der Waals surface area contributed by atoms with Gasteiger partial charge in [-0.3, -0.25) is 9.97 Å². The normalized spacial score (nSPS) is 17.5. The van der Waals surface area contributed by atoms with Gasteiger partial charge in [0.15, 0.2) is 5.11 Å². The van der Waals surface area contributed by atoms with Gasteiger partial charge in [0.2, 0.25) is 0 Å². The predicted octanol–water partition coefficient (Wildman–Crippen LogP) is 5.72. The highest BCUT2D eigenvalue weighted by molar-refractivity contribution is 7.80. The fourth-order valence-electron chi connectivity index (χ4n) is 4.89. The van der Waals surface area contributed by atoms with E-state index in [0.29, 0.717) is 16.7 Å². The summed E-state index contributed by atoms with van der Waals surface area (Å²) in [4.78, 5) is 11.1. The maximum Gasteiger partial charge on any atom is 0.170 e. The van der Waals surface area contributed by atoms with Crippen molar-refractivity contribution in [1.29, 1.82) is 0 Å². The lowest BCUT2D eigenvalue weighted by Crippen LogP contribution is -2.29. The first-order chi connectivity index (χ1) is 17.0. The van der Waals surface area contributed by atoms with E-state index >= 15 is 0 Å². The van der Waals surface area contributed by atoms with Crippen molar-refractivity contribution in [1.82, 2.24) is 24.8 Å². The molecule has 1 fully saturated rings. The first-order valence-electron chi connectivity index (χ1n) is 11.4. The molecule has 8 heteroatoms. The number of methoxy groups -OCH3 is 1. The van der Waals surface area contributed by atoms with E-state index in [9.17, 15) is 0 Å². The summed E-state index contributed by atoms with van der Waals surface area (Å²) in [5.74, 6) is 0.762. The maximum absolute atomic E-state index is 6.38. The lowest BCUT2D eigenvalue weighted by molar-refractivity contribution is 0.310. The Balaban J connectivity index is 1.65. The molecule has 4 aromatic rings. The third-order valence-corrected chi connectivity index (χ3v) is 7.06. The lowest BCUT2D eigenvalue weighted by atomic mass is 9.96. The summed E-state index contributed by atoms with van der Waals surface area (Å²) in [7, 11) is 1.68. The topological polar surface area (TPSA) is 55.2 Å². The first-order valence-corrected chi connectivity index (χ1v) is 12.2. The number of aryl methyl sites for hydroxylation is 1. The number of hydrogen-bond donors (Lipinski definition) is 1. The minimum absolute atomic E-state index is 0.0595. The third kappa shape index (κ3) is 4.37. The van der Waals surface area contributed by atoms with E-state index in [1.54, 1.807) is 7.11 Å². The number of hydrogen-bond acceptors (Lipinski definition) is 4. The Kier molecular flexibility index (Phi) is 6.45. The summed E-state index contributed by atoms with van der Waals surface area (Å²) in [6.07, 6.45) is 5.44. The molecule has 0 aliphatic carbocycles. The minimum atomic E-state index is -0.0965. The average molecular weight is 504 g/mol. The first kappa shape index (κ1) is 23.3. The van der Waals surface area contributed by atoms with Crippen molar-refractivity contribution in [3.8, 4) is 11.4 Å². The van der Waals surface area contributed by atoms with Gasteiger partial charge < -0.3 is 19.5 Å². The van der Waals surface area contributed by atoms with E-state index in [4.69, 9.17) is 28.6 Å². The molecule has 4 heterocycles. The molecule has 6 nitrogen and oxygen atoms in total. The summed E-state index contributed by atoms with van der Waals surface area (Å²) >= 11 is 12.2. The Bertz CT molecular complexity index is 1360.